The van der Waals surface area contributed by atoms with E-state index in [-0.39, 0.29) is 10.6 Å². The van der Waals surface area contributed by atoms with Gasteiger partial charge in [0, 0.05) is 0 Å². The quantitative estimate of drug-likeness (QED) is 0.810. The fourth-order valence-corrected chi connectivity index (χ4v) is 4.58. The molecular formula is C18H19FN4O4S. The van der Waals surface area contributed by atoms with Crippen molar-refractivity contribution < 1.29 is 22.4 Å². The number of pyridine rings is 1. The highest BCUT2D eigenvalue weighted by molar-refractivity contribution is 7.90. The van der Waals surface area contributed by atoms with Gasteiger partial charge in [-0.15, -0.1) is 0 Å². The summed E-state index contributed by atoms with van der Waals surface area (Å²) >= 11 is 0. The highest BCUT2D eigenvalue weighted by Crippen LogP contribution is 2.32. The van der Waals surface area contributed by atoms with Crippen LogP contribution in [-0.4, -0.2) is 36.2 Å². The van der Waals surface area contributed by atoms with Crippen LogP contribution in [0.15, 0.2) is 35.4 Å². The van der Waals surface area contributed by atoms with Crippen LogP contribution in [0.1, 0.15) is 29.8 Å². The second kappa shape index (κ2) is 7.19. The molecule has 148 valence electrons. The van der Waals surface area contributed by atoms with E-state index >= 15 is 0 Å². The van der Waals surface area contributed by atoms with E-state index in [1.54, 1.807) is 32.9 Å². The fraction of sp³-hybridized carbons (Fsp3) is 0.278. The van der Waals surface area contributed by atoms with Crippen LogP contribution in [0.2, 0.25) is 0 Å². The zero-order chi connectivity index (χ0) is 20.6. The SMILES string of the molecule is Cc1cc([C@@H](C)NC(=O)CN2C(=O)Nc3cccc(C)c3S2(=O)=O)ncc1F. The first kappa shape index (κ1) is 19.7. The molecule has 0 radical (unpaired) electrons. The molecule has 0 aliphatic carbocycles. The minimum absolute atomic E-state index is 0.0359. The monoisotopic (exact) mass is 406 g/mol. The number of nitrogens with zero attached hydrogens (tertiary/aromatic N) is 2. The van der Waals surface area contributed by atoms with E-state index < -0.39 is 40.4 Å². The molecule has 0 saturated heterocycles. The Morgan fingerprint density at radius 3 is 2.71 bits per heavy atom. The van der Waals surface area contributed by atoms with Gasteiger partial charge in [-0.1, -0.05) is 12.1 Å². The molecule has 0 spiro atoms. The van der Waals surface area contributed by atoms with Crippen LogP contribution in [0.5, 0.6) is 0 Å². The molecule has 0 saturated carbocycles. The summed E-state index contributed by atoms with van der Waals surface area (Å²) in [5.41, 5.74) is 1.43. The summed E-state index contributed by atoms with van der Waals surface area (Å²) in [6.07, 6.45) is 1.05. The molecule has 28 heavy (non-hydrogen) atoms. The number of aryl methyl sites for hydroxylation is 2. The minimum atomic E-state index is -4.18. The summed E-state index contributed by atoms with van der Waals surface area (Å²) in [5, 5.41) is 5.06. The molecule has 1 aliphatic heterocycles. The number of nitrogens with one attached hydrogen (secondary N) is 2. The summed E-state index contributed by atoms with van der Waals surface area (Å²) < 4.78 is 39.5. The zero-order valence-corrected chi connectivity index (χ0v) is 16.3. The molecule has 10 heteroatoms. The fourth-order valence-electron chi connectivity index (χ4n) is 2.94. The number of aromatic nitrogens is 1. The van der Waals surface area contributed by atoms with Crippen molar-refractivity contribution in [2.75, 3.05) is 11.9 Å². The summed E-state index contributed by atoms with van der Waals surface area (Å²) in [7, 11) is -4.18. The van der Waals surface area contributed by atoms with Gasteiger partial charge >= 0.3 is 6.03 Å². The van der Waals surface area contributed by atoms with Crippen molar-refractivity contribution in [2.45, 2.75) is 31.7 Å². The van der Waals surface area contributed by atoms with Gasteiger partial charge in [0.05, 0.1) is 23.6 Å². The number of hydrogen-bond acceptors (Lipinski definition) is 5. The van der Waals surface area contributed by atoms with Crippen molar-refractivity contribution >= 4 is 27.6 Å². The number of anilines is 1. The molecule has 3 rings (SSSR count). The topological polar surface area (TPSA) is 108 Å². The van der Waals surface area contributed by atoms with Gasteiger partial charge in [-0.05, 0) is 44.0 Å². The van der Waals surface area contributed by atoms with Gasteiger partial charge in [0.15, 0.2) is 0 Å². The lowest BCUT2D eigenvalue weighted by molar-refractivity contribution is -0.121. The standard InChI is InChI=1S/C18H19FN4O4S/c1-10-5-4-6-14-17(10)28(26,27)23(18(25)22-14)9-16(24)21-12(3)15-7-11(2)13(19)8-20-15/h4-8,12H,9H2,1-3H3,(H,21,24)(H,22,25)/t12-/m1/s1. The number of benzene rings is 1. The molecule has 1 aliphatic rings. The largest absolute Gasteiger partial charge is 0.346 e. The Labute approximate surface area is 161 Å². The van der Waals surface area contributed by atoms with Crippen molar-refractivity contribution in [2.24, 2.45) is 0 Å². The Bertz CT molecular complexity index is 1070. The van der Waals surface area contributed by atoms with Crippen molar-refractivity contribution in [3.05, 3.63) is 53.1 Å². The third kappa shape index (κ3) is 3.55. The molecule has 8 nitrogen and oxygen atoms in total. The smallest absolute Gasteiger partial charge is 0.336 e. The molecule has 2 N–H and O–H groups in total. The van der Waals surface area contributed by atoms with E-state index in [1.165, 1.54) is 12.1 Å². The molecule has 0 bridgehead atoms. The summed E-state index contributed by atoms with van der Waals surface area (Å²) in [6, 6.07) is 4.71. The highest BCUT2D eigenvalue weighted by atomic mass is 32.2. The highest BCUT2D eigenvalue weighted by Gasteiger charge is 2.39. The predicted molar refractivity (Wildman–Crippen MR) is 99.6 cm³/mol. The first-order valence-corrected chi connectivity index (χ1v) is 9.90. The van der Waals surface area contributed by atoms with E-state index in [0.717, 1.165) is 6.20 Å². The Balaban J connectivity index is 1.79. The van der Waals surface area contributed by atoms with Crippen LogP contribution in [0.3, 0.4) is 0 Å². The second-order valence-electron chi connectivity index (χ2n) is 6.54. The van der Waals surface area contributed by atoms with Gasteiger partial charge < -0.3 is 10.6 Å². The second-order valence-corrected chi connectivity index (χ2v) is 8.34. The molecule has 1 aromatic carbocycles. The van der Waals surface area contributed by atoms with Crippen LogP contribution in [-0.2, 0) is 14.8 Å². The van der Waals surface area contributed by atoms with Crippen LogP contribution >= 0.6 is 0 Å². The molecule has 0 unspecified atom stereocenters. The van der Waals surface area contributed by atoms with E-state index in [2.05, 4.69) is 15.6 Å². The summed E-state index contributed by atoms with van der Waals surface area (Å²) in [6.45, 7) is 4.12. The summed E-state index contributed by atoms with van der Waals surface area (Å²) in [5.74, 6) is -1.15. The molecular weight excluding hydrogens is 387 g/mol. The van der Waals surface area contributed by atoms with Gasteiger partial charge in [-0.25, -0.2) is 21.9 Å². The van der Waals surface area contributed by atoms with Crippen LogP contribution < -0.4 is 10.6 Å². The molecule has 2 heterocycles. The van der Waals surface area contributed by atoms with Gasteiger partial charge in [-0.3, -0.25) is 9.78 Å². The van der Waals surface area contributed by atoms with Crippen molar-refractivity contribution in [1.82, 2.24) is 14.6 Å². The van der Waals surface area contributed by atoms with Crippen LogP contribution in [0, 0.1) is 19.7 Å². The minimum Gasteiger partial charge on any atom is -0.346 e. The number of sulfonamides is 1. The summed E-state index contributed by atoms with van der Waals surface area (Å²) in [4.78, 5) is 28.5. The molecule has 1 atom stereocenters. The number of amides is 3. The van der Waals surface area contributed by atoms with Crippen molar-refractivity contribution in [1.29, 1.82) is 0 Å². The average Bonchev–Trinajstić information content (AvgIpc) is 2.60. The number of hydrogen-bond donors (Lipinski definition) is 2. The van der Waals surface area contributed by atoms with Gasteiger partial charge in [0.2, 0.25) is 5.91 Å². The first-order chi connectivity index (χ1) is 13.1. The number of rotatable bonds is 4. The van der Waals surface area contributed by atoms with E-state index in [9.17, 15) is 22.4 Å². The third-order valence-electron chi connectivity index (χ3n) is 4.40. The number of urea groups is 1. The Kier molecular flexibility index (Phi) is 5.07. The number of carbonyl (C=O) groups is 2. The molecule has 1 aromatic heterocycles. The average molecular weight is 406 g/mol. The molecule has 0 fully saturated rings. The maximum atomic E-state index is 13.3. The lowest BCUT2D eigenvalue weighted by atomic mass is 10.1. The Hall–Kier alpha value is -3.01. The van der Waals surface area contributed by atoms with E-state index in [0.29, 0.717) is 21.1 Å². The normalized spacial score (nSPS) is 16.1. The van der Waals surface area contributed by atoms with Gasteiger partial charge in [-0.2, -0.15) is 0 Å². The predicted octanol–water partition coefficient (Wildman–Crippen LogP) is 2.25. The van der Waals surface area contributed by atoms with Crippen molar-refractivity contribution in [3.63, 3.8) is 0 Å². The van der Waals surface area contributed by atoms with Crippen LogP contribution in [0.25, 0.3) is 0 Å². The lowest BCUT2D eigenvalue weighted by Crippen LogP contribution is -2.49. The Morgan fingerprint density at radius 2 is 2.04 bits per heavy atom. The number of carbonyl (C=O) groups excluding carboxylic acids is 2. The first-order valence-electron chi connectivity index (χ1n) is 8.46. The maximum Gasteiger partial charge on any atom is 0.336 e. The number of halogens is 1. The molecule has 3 amide bonds. The van der Waals surface area contributed by atoms with Crippen LogP contribution in [0.4, 0.5) is 14.9 Å². The maximum absolute atomic E-state index is 13.3. The van der Waals surface area contributed by atoms with Crippen molar-refractivity contribution in [3.8, 4) is 0 Å². The number of fused-ring (bicyclic) bond motifs is 1. The van der Waals surface area contributed by atoms with E-state index in [1.807, 2.05) is 0 Å². The van der Waals surface area contributed by atoms with E-state index in [4.69, 9.17) is 0 Å². The Morgan fingerprint density at radius 1 is 1.32 bits per heavy atom. The van der Waals surface area contributed by atoms with Gasteiger partial charge in [0.25, 0.3) is 10.0 Å². The molecule has 2 aromatic rings. The lowest BCUT2D eigenvalue weighted by Gasteiger charge is -2.29. The third-order valence-corrected chi connectivity index (χ3v) is 6.34. The van der Waals surface area contributed by atoms with Gasteiger partial charge in [0.1, 0.15) is 17.3 Å². The zero-order valence-electron chi connectivity index (χ0n) is 15.5.